The molecule has 0 fully saturated rings. The molecule has 0 rings (SSSR count). The quantitative estimate of drug-likeness (QED) is 0.0331. The lowest BCUT2D eigenvalue weighted by Crippen LogP contribution is -2.63. The number of carbonyl (C=O) groups excluding carboxylic acids is 10. The molecule has 0 aromatic carbocycles. The number of likely N-dealkylation sites (N-methyl/N-ethyl adjacent to an activating group) is 5. The number of carbonyl (C=O) groups is 10. The summed E-state index contributed by atoms with van der Waals surface area (Å²) in [7, 11) is 8.29. The van der Waals surface area contributed by atoms with E-state index < -0.39 is 155 Å². The van der Waals surface area contributed by atoms with Gasteiger partial charge in [-0.1, -0.05) is 88.3 Å². The minimum absolute atomic E-state index is 0.0223. The molecular formula is C62H114N10O14. The Morgan fingerprint density at radius 1 is 0.500 bits per heavy atom. The van der Waals surface area contributed by atoms with Crippen LogP contribution in [0.4, 0.5) is 0 Å². The summed E-state index contributed by atoms with van der Waals surface area (Å²) in [6.45, 7) is 33.4. The third-order valence-corrected chi connectivity index (χ3v) is 14.9. The molecule has 9 amide bonds. The highest BCUT2D eigenvalue weighted by Crippen LogP contribution is 2.24. The first-order valence-corrected chi connectivity index (χ1v) is 30.5. The van der Waals surface area contributed by atoms with Crippen molar-refractivity contribution < 1.29 is 67.6 Å². The summed E-state index contributed by atoms with van der Waals surface area (Å²) < 4.78 is 10.8. The minimum atomic E-state index is -1.62. The highest BCUT2D eigenvalue weighted by atomic mass is 16.5. The van der Waals surface area contributed by atoms with Crippen LogP contribution in [-0.2, 0) is 57.4 Å². The fourth-order valence-electron chi connectivity index (χ4n) is 10.3. The Balaban J connectivity index is 6.82. The fourth-order valence-corrected chi connectivity index (χ4v) is 10.3. The van der Waals surface area contributed by atoms with Crippen LogP contribution in [0.5, 0.6) is 0 Å². The Morgan fingerprint density at radius 3 is 1.33 bits per heavy atom. The second-order valence-corrected chi connectivity index (χ2v) is 26.3. The number of amides is 9. The summed E-state index contributed by atoms with van der Waals surface area (Å²) in [5.74, 6) is -8.62. The molecule has 1 unspecified atom stereocenters. The van der Waals surface area contributed by atoms with E-state index >= 15 is 0 Å². The van der Waals surface area contributed by atoms with Crippen LogP contribution >= 0.6 is 0 Å². The van der Waals surface area contributed by atoms with Crippen molar-refractivity contribution >= 4 is 59.1 Å². The predicted octanol–water partition coefficient (Wildman–Crippen LogP) is 2.91. The van der Waals surface area contributed by atoms with Crippen molar-refractivity contribution in [1.82, 2.24) is 51.5 Å². The van der Waals surface area contributed by atoms with Gasteiger partial charge in [0.05, 0.1) is 31.0 Å². The lowest BCUT2D eigenvalue weighted by molar-refractivity contribution is -0.156. The van der Waals surface area contributed by atoms with Gasteiger partial charge in [0.15, 0.2) is 6.04 Å². The molecule has 86 heavy (non-hydrogen) atoms. The smallest absolute Gasteiger partial charge is 0.331 e. The molecule has 0 aliphatic carbocycles. The average molecular weight is 1220 g/mol. The van der Waals surface area contributed by atoms with Crippen molar-refractivity contribution in [1.29, 1.82) is 0 Å². The van der Waals surface area contributed by atoms with Gasteiger partial charge < -0.3 is 71.2 Å². The first-order chi connectivity index (χ1) is 39.5. The largest absolute Gasteiger partial charge is 0.467 e. The van der Waals surface area contributed by atoms with Crippen molar-refractivity contribution in [2.45, 2.75) is 248 Å². The highest BCUT2D eigenvalue weighted by Gasteiger charge is 2.45. The van der Waals surface area contributed by atoms with Crippen LogP contribution in [-0.4, -0.2) is 216 Å². The van der Waals surface area contributed by atoms with E-state index in [-0.39, 0.29) is 49.4 Å². The molecule has 0 bridgehead atoms. The molecule has 0 aromatic rings. The van der Waals surface area contributed by atoms with Gasteiger partial charge in [-0.25, -0.2) is 4.79 Å². The lowest BCUT2D eigenvalue weighted by Gasteiger charge is -2.40. The van der Waals surface area contributed by atoms with Crippen molar-refractivity contribution in [3.05, 3.63) is 12.2 Å². The van der Waals surface area contributed by atoms with Crippen LogP contribution in [0.2, 0.25) is 0 Å². The first kappa shape index (κ1) is 80.3. The summed E-state index contributed by atoms with van der Waals surface area (Å²) >= 11 is 0. The van der Waals surface area contributed by atoms with Crippen LogP contribution < -0.4 is 31.9 Å². The molecule has 496 valence electrons. The number of hydrogen-bond donors (Lipinski definition) is 8. The van der Waals surface area contributed by atoms with Crippen LogP contribution in [0.3, 0.4) is 0 Å². The molecule has 24 nitrogen and oxygen atoms in total. The van der Waals surface area contributed by atoms with Crippen molar-refractivity contribution in [2.24, 2.45) is 35.5 Å². The van der Waals surface area contributed by atoms with E-state index in [2.05, 4.69) is 31.9 Å². The monoisotopic (exact) mass is 1220 g/mol. The number of hydrogen-bond acceptors (Lipinski definition) is 15. The molecule has 24 heteroatoms. The standard InChI is InChI=1S/C62H114N10O14/c1-26-27-28-38(12)51(74)50(56(79)68-47(41(15)73)61(84)85-25)72(24)60(83)49(37(10)11)71(23)59(82)44(30-34(4)5)66-54(77)46(32-36(8)9)69(21)57(80)40(14)65-52(75)39(13)64-53(76)45(31-35(6)7)70(22)58(81)43(29-33(2)3)67-55(78)48(63-20)42(16)86-62(17,18)19/h26-27,33-51,63,73-74H,28-32H2,1-25H3,(H,64,76)(H,65,75)(H,66,77)(H,67,78)(H,68,79)/b27-26+/t38-,39+,40-,41-,42?,43+,44+,45+,46+,47+,48+,49+,50+,51-/m1/s1. The molecule has 0 saturated heterocycles. The second kappa shape index (κ2) is 37.2. The zero-order valence-corrected chi connectivity index (χ0v) is 56.7. The Hall–Kier alpha value is -5.72. The van der Waals surface area contributed by atoms with Crippen molar-refractivity contribution in [3.8, 4) is 0 Å². The maximum atomic E-state index is 14.8. The Morgan fingerprint density at radius 2 is 0.919 bits per heavy atom. The number of aliphatic hydroxyl groups excluding tert-OH is 2. The van der Waals surface area contributed by atoms with E-state index in [9.17, 15) is 58.2 Å². The molecule has 14 atom stereocenters. The summed E-state index contributed by atoms with van der Waals surface area (Å²) in [6.07, 6.45) is 1.12. The van der Waals surface area contributed by atoms with Gasteiger partial charge >= 0.3 is 5.97 Å². The van der Waals surface area contributed by atoms with Crippen molar-refractivity contribution in [2.75, 3.05) is 42.3 Å². The molecular weight excluding hydrogens is 1110 g/mol. The topological polar surface area (TPSA) is 315 Å². The Kier molecular flexibility index (Phi) is 34.7. The summed E-state index contributed by atoms with van der Waals surface area (Å²) in [4.78, 5) is 146. The van der Waals surface area contributed by atoms with Crippen LogP contribution in [0.15, 0.2) is 12.2 Å². The summed E-state index contributed by atoms with van der Waals surface area (Å²) in [6, 6.07) is -12.1. The molecule has 0 aliphatic heterocycles. The number of allylic oxidation sites excluding steroid dienone is 2. The van der Waals surface area contributed by atoms with E-state index in [1.165, 1.54) is 63.7 Å². The number of aliphatic hydroxyl groups is 2. The van der Waals surface area contributed by atoms with E-state index in [0.717, 1.165) is 12.0 Å². The van der Waals surface area contributed by atoms with E-state index in [1.54, 1.807) is 53.8 Å². The predicted molar refractivity (Wildman–Crippen MR) is 331 cm³/mol. The molecule has 0 aromatic heterocycles. The van der Waals surface area contributed by atoms with Crippen LogP contribution in [0.25, 0.3) is 0 Å². The number of nitrogens with zero attached hydrogens (tertiary/aromatic N) is 4. The minimum Gasteiger partial charge on any atom is -0.467 e. The van der Waals surface area contributed by atoms with Gasteiger partial charge in [0.2, 0.25) is 53.2 Å². The molecule has 0 spiro atoms. The van der Waals surface area contributed by atoms with Crippen LogP contribution in [0.1, 0.15) is 164 Å². The lowest BCUT2D eigenvalue weighted by atomic mass is 9.91. The highest BCUT2D eigenvalue weighted by molar-refractivity contribution is 5.98. The number of rotatable bonds is 36. The molecule has 0 radical (unpaired) electrons. The van der Waals surface area contributed by atoms with E-state index in [4.69, 9.17) is 9.47 Å². The summed E-state index contributed by atoms with van der Waals surface area (Å²) in [5.41, 5.74) is -0.544. The molecule has 0 saturated carbocycles. The maximum absolute atomic E-state index is 14.8. The maximum Gasteiger partial charge on any atom is 0.331 e. The van der Waals surface area contributed by atoms with Gasteiger partial charge in [-0.15, -0.1) is 0 Å². The zero-order chi connectivity index (χ0) is 67.2. The molecule has 0 heterocycles. The number of nitrogens with one attached hydrogen (secondary N) is 6. The first-order valence-electron chi connectivity index (χ1n) is 30.5. The second-order valence-electron chi connectivity index (χ2n) is 26.3. The average Bonchev–Trinajstić information content (AvgIpc) is 2.53. The van der Waals surface area contributed by atoms with E-state index in [1.807, 2.05) is 76.2 Å². The number of esters is 1. The number of ether oxygens (including phenoxy) is 2. The summed E-state index contributed by atoms with van der Waals surface area (Å²) in [5, 5.41) is 38.6. The Labute approximate surface area is 514 Å². The van der Waals surface area contributed by atoms with Gasteiger partial charge in [0.1, 0.15) is 54.4 Å². The van der Waals surface area contributed by atoms with Crippen LogP contribution in [0, 0.1) is 35.5 Å². The van der Waals surface area contributed by atoms with Gasteiger partial charge in [0, 0.05) is 28.2 Å². The molecule has 8 N–H and O–H groups in total. The normalized spacial score (nSPS) is 16.9. The third kappa shape index (κ3) is 25.5. The van der Waals surface area contributed by atoms with Gasteiger partial charge in [-0.2, -0.15) is 0 Å². The van der Waals surface area contributed by atoms with E-state index in [0.29, 0.717) is 6.42 Å². The SMILES string of the molecule is C/C=C/C[C@@H](C)[C@@H](O)[C@@H](C(=O)N[C@H](C(=O)OC)[C@@H](C)O)N(C)C(=O)[C@H](C(C)C)N(C)C(=O)[C@H](CC(C)C)NC(=O)[C@H](CC(C)C)N(C)C(=O)[C@@H](C)NC(=O)[C@H](C)NC(=O)[C@H](CC(C)C)N(C)C(=O)[C@H](CC(C)C)NC(=O)[C@@H](NC)C(C)OC(C)(C)C. The third-order valence-electron chi connectivity index (χ3n) is 14.9. The fraction of sp³-hybridized carbons (Fsp3) is 0.806. The zero-order valence-electron chi connectivity index (χ0n) is 56.7. The van der Waals surface area contributed by atoms with Gasteiger partial charge in [0.25, 0.3) is 0 Å². The number of methoxy groups -OCH3 is 1. The molecule has 0 aliphatic rings. The van der Waals surface area contributed by atoms with Gasteiger partial charge in [-0.3, -0.25) is 43.2 Å². The van der Waals surface area contributed by atoms with Crippen molar-refractivity contribution in [3.63, 3.8) is 0 Å². The Bertz CT molecular complexity index is 2250. The van der Waals surface area contributed by atoms with Gasteiger partial charge in [-0.05, 0) is 130 Å².